The molecule has 1 saturated heterocycles. The summed E-state index contributed by atoms with van der Waals surface area (Å²) < 4.78 is 45.1. The minimum absolute atomic E-state index is 0.0811. The van der Waals surface area contributed by atoms with Crippen molar-refractivity contribution in [1.29, 1.82) is 0 Å². The van der Waals surface area contributed by atoms with Crippen LogP contribution in [0.1, 0.15) is 45.1 Å². The van der Waals surface area contributed by atoms with Crippen molar-refractivity contribution in [2.24, 2.45) is 0 Å². The average Bonchev–Trinajstić information content (AvgIpc) is 3.31. The van der Waals surface area contributed by atoms with Gasteiger partial charge in [0.1, 0.15) is 54.2 Å². The van der Waals surface area contributed by atoms with Crippen molar-refractivity contribution in [2.75, 3.05) is 12.3 Å². The van der Waals surface area contributed by atoms with E-state index in [4.69, 9.17) is 29.0 Å². The number of para-hydroxylation sites is 1. The number of nitrogens with one attached hydrogen (secondary N) is 1. The molecule has 3 heterocycles. The van der Waals surface area contributed by atoms with Gasteiger partial charge in [0.15, 0.2) is 11.4 Å². The van der Waals surface area contributed by atoms with Crippen LogP contribution in [-0.2, 0) is 34.7 Å². The van der Waals surface area contributed by atoms with Gasteiger partial charge < -0.3 is 34.7 Å². The minimum Gasteiger partial charge on any atom is -0.461 e. The van der Waals surface area contributed by atoms with E-state index in [-0.39, 0.29) is 18.2 Å². The zero-order chi connectivity index (χ0) is 33.6. The summed E-state index contributed by atoms with van der Waals surface area (Å²) in [6.45, 7) is 6.80. The molecule has 2 aliphatic rings. The summed E-state index contributed by atoms with van der Waals surface area (Å²) in [6.07, 6.45) is -2.57. The molecule has 1 aliphatic carbocycles. The molecule has 5 N–H and O–H groups in total. The molecule has 2 aromatic carbocycles. The number of benzene rings is 2. The van der Waals surface area contributed by atoms with E-state index in [1.54, 1.807) is 56.3 Å². The molecule has 15 heteroatoms. The molecule has 7 atom stereocenters. The van der Waals surface area contributed by atoms with Gasteiger partial charge in [0, 0.05) is 0 Å². The Kier molecular flexibility index (Phi) is 8.64. The van der Waals surface area contributed by atoms with E-state index in [1.807, 2.05) is 30.3 Å². The van der Waals surface area contributed by atoms with Crippen molar-refractivity contribution in [1.82, 2.24) is 19.7 Å². The number of aromatic nitrogens is 3. The molecule has 47 heavy (non-hydrogen) atoms. The maximum absolute atomic E-state index is 14.3. The normalized spacial score (nSPS) is 27.1. The van der Waals surface area contributed by atoms with Crippen LogP contribution >= 0.6 is 7.75 Å². The van der Waals surface area contributed by atoms with Crippen molar-refractivity contribution < 1.29 is 42.8 Å². The van der Waals surface area contributed by atoms with Gasteiger partial charge in [0.25, 0.3) is 0 Å². The summed E-state index contributed by atoms with van der Waals surface area (Å²) in [5, 5.41) is 29.8. The lowest BCUT2D eigenvalue weighted by atomic mass is 10.0. The lowest BCUT2D eigenvalue weighted by Gasteiger charge is -2.28. The molecule has 0 spiro atoms. The molecule has 250 valence electrons. The number of esters is 1. The third kappa shape index (κ3) is 6.25. The summed E-state index contributed by atoms with van der Waals surface area (Å²) in [5.74, 6) is -0.324. The largest absolute Gasteiger partial charge is 0.461 e. The van der Waals surface area contributed by atoms with Crippen LogP contribution in [0, 0.1) is 0 Å². The molecule has 2 fully saturated rings. The Hall–Kier alpha value is -3.88. The van der Waals surface area contributed by atoms with Gasteiger partial charge in [0.05, 0.1) is 17.9 Å². The fraction of sp³-hybridized carbons (Fsp3) is 0.406. The third-order valence-electron chi connectivity index (χ3n) is 8.48. The van der Waals surface area contributed by atoms with Crippen LogP contribution in [0.4, 0.5) is 5.82 Å². The number of rotatable bonds is 13. The molecular formula is C32H38N5O9P. The first-order valence-corrected chi connectivity index (χ1v) is 16.6. The van der Waals surface area contributed by atoms with Gasteiger partial charge >= 0.3 is 13.7 Å². The SMILES string of the molecule is C[C@H](NP(=O)(Oc1ccccc1)OC1[C@@]2(C)O[C@@H](c3ccc4c(N)ncnn34)[C@H](O)[C@@]12O)C(=O)OCC(C)(C)OCc1ccccc1. The maximum Gasteiger partial charge on any atom is 0.459 e. The summed E-state index contributed by atoms with van der Waals surface area (Å²) >= 11 is 0. The van der Waals surface area contributed by atoms with Crippen LogP contribution < -0.4 is 15.3 Å². The third-order valence-corrected chi connectivity index (χ3v) is 10.1. The summed E-state index contributed by atoms with van der Waals surface area (Å²) in [6, 6.07) is 20.0. The molecule has 0 amide bonds. The zero-order valence-corrected chi connectivity index (χ0v) is 27.2. The Labute approximate surface area is 271 Å². The van der Waals surface area contributed by atoms with Gasteiger partial charge in [-0.05, 0) is 57.5 Å². The Bertz CT molecular complexity index is 1790. The first-order valence-electron chi connectivity index (χ1n) is 15.1. The second-order valence-corrected chi connectivity index (χ2v) is 14.1. The Balaban J connectivity index is 1.14. The van der Waals surface area contributed by atoms with Crippen molar-refractivity contribution in [3.63, 3.8) is 0 Å². The number of anilines is 1. The number of nitrogens with zero attached hydrogens (tertiary/aromatic N) is 3. The number of aliphatic hydroxyl groups excluding tert-OH is 1. The number of ether oxygens (including phenoxy) is 3. The monoisotopic (exact) mass is 667 g/mol. The standard InChI is InChI=1S/C32H38N5O9P/c1-20(28(39)42-18-30(2,3)43-17-21-11-7-5-8-12-21)36-47(41,45-22-13-9-6-10-14-22)46-29-31(4)32(29,40)26(38)25(44-31)23-15-16-24-27(33)34-19-35-37(23)24/h5-16,19-20,25-26,29,38,40H,17-18H2,1-4H3,(H,36,41)(H2,33,34,35)/t20-,25-,26-,29?,31+,32+,47?/m0/s1. The van der Waals surface area contributed by atoms with Crippen LogP contribution in [0.5, 0.6) is 5.75 Å². The molecule has 14 nitrogen and oxygen atoms in total. The Morgan fingerprint density at radius 2 is 1.83 bits per heavy atom. The maximum atomic E-state index is 14.3. The van der Waals surface area contributed by atoms with Crippen molar-refractivity contribution >= 4 is 25.1 Å². The molecular weight excluding hydrogens is 629 g/mol. The van der Waals surface area contributed by atoms with E-state index in [2.05, 4.69) is 15.2 Å². The summed E-state index contributed by atoms with van der Waals surface area (Å²) in [4.78, 5) is 17.0. The number of hydrogen-bond donors (Lipinski definition) is 4. The first-order chi connectivity index (χ1) is 22.3. The van der Waals surface area contributed by atoms with E-state index >= 15 is 0 Å². The van der Waals surface area contributed by atoms with E-state index in [0.29, 0.717) is 17.8 Å². The fourth-order valence-corrected chi connectivity index (χ4v) is 7.48. The van der Waals surface area contributed by atoms with Gasteiger partial charge in [-0.3, -0.25) is 9.32 Å². The van der Waals surface area contributed by atoms with Crippen molar-refractivity contribution in [2.45, 2.75) is 75.5 Å². The van der Waals surface area contributed by atoms with Crippen LogP contribution in [0.25, 0.3) is 5.52 Å². The molecule has 1 saturated carbocycles. The second kappa shape index (κ2) is 12.3. The summed E-state index contributed by atoms with van der Waals surface area (Å²) in [7, 11) is -4.43. The smallest absolute Gasteiger partial charge is 0.459 e. The number of aliphatic hydroxyl groups is 2. The van der Waals surface area contributed by atoms with E-state index < -0.39 is 54.9 Å². The molecule has 0 radical (unpaired) electrons. The minimum atomic E-state index is -4.43. The number of nitrogen functional groups attached to an aromatic ring is 1. The fourth-order valence-electron chi connectivity index (χ4n) is 5.71. The van der Waals surface area contributed by atoms with Crippen molar-refractivity contribution in [3.05, 3.63) is 90.4 Å². The highest BCUT2D eigenvalue weighted by Gasteiger charge is 2.87. The number of nitrogens with two attached hydrogens (primary N) is 1. The highest BCUT2D eigenvalue weighted by molar-refractivity contribution is 7.52. The number of hydrogen-bond acceptors (Lipinski definition) is 12. The number of carbonyl (C=O) groups excluding carboxylic acids is 1. The van der Waals surface area contributed by atoms with Gasteiger partial charge in [-0.15, -0.1) is 0 Å². The predicted octanol–water partition coefficient (Wildman–Crippen LogP) is 3.34. The first kappa shape index (κ1) is 33.0. The van der Waals surface area contributed by atoms with Gasteiger partial charge in [-0.2, -0.15) is 10.2 Å². The van der Waals surface area contributed by atoms with Crippen LogP contribution in [0.15, 0.2) is 79.1 Å². The predicted molar refractivity (Wildman–Crippen MR) is 169 cm³/mol. The van der Waals surface area contributed by atoms with Gasteiger partial charge in [-0.1, -0.05) is 48.5 Å². The molecule has 2 aromatic heterocycles. The van der Waals surface area contributed by atoms with E-state index in [1.165, 1.54) is 24.7 Å². The topological polar surface area (TPSA) is 189 Å². The van der Waals surface area contributed by atoms with Crippen molar-refractivity contribution in [3.8, 4) is 5.75 Å². The molecule has 0 bridgehead atoms. The highest BCUT2D eigenvalue weighted by atomic mass is 31.2. The van der Waals surface area contributed by atoms with Crippen LogP contribution in [0.3, 0.4) is 0 Å². The van der Waals surface area contributed by atoms with Gasteiger partial charge in [0.2, 0.25) is 0 Å². The molecule has 1 aliphatic heterocycles. The van der Waals surface area contributed by atoms with E-state index in [0.717, 1.165) is 5.56 Å². The zero-order valence-electron chi connectivity index (χ0n) is 26.3. The molecule has 6 rings (SSSR count). The summed E-state index contributed by atoms with van der Waals surface area (Å²) in [5.41, 5.74) is 3.55. The second-order valence-electron chi connectivity index (χ2n) is 12.5. The Morgan fingerprint density at radius 3 is 2.49 bits per heavy atom. The molecule has 2 unspecified atom stereocenters. The Morgan fingerprint density at radius 1 is 1.15 bits per heavy atom. The number of carbonyl (C=O) groups is 1. The average molecular weight is 668 g/mol. The highest BCUT2D eigenvalue weighted by Crippen LogP contribution is 2.68. The lowest BCUT2D eigenvalue weighted by Crippen LogP contribution is -2.40. The van der Waals surface area contributed by atoms with E-state index in [9.17, 15) is 19.6 Å². The number of fused-ring (bicyclic) bond motifs is 2. The lowest BCUT2D eigenvalue weighted by molar-refractivity contribution is -0.155. The van der Waals surface area contributed by atoms with Gasteiger partial charge in [-0.25, -0.2) is 14.1 Å². The van der Waals surface area contributed by atoms with Crippen LogP contribution in [0.2, 0.25) is 0 Å². The van der Waals surface area contributed by atoms with Crippen LogP contribution in [-0.4, -0.2) is 72.4 Å². The molecule has 4 aromatic rings. The quantitative estimate of drug-likeness (QED) is 0.120.